The lowest BCUT2D eigenvalue weighted by atomic mass is 10.0. The lowest BCUT2D eigenvalue weighted by Gasteiger charge is -2.05. The zero-order valence-corrected chi connectivity index (χ0v) is 13.2. The number of hydrogen-bond donors (Lipinski definition) is 1. The molecule has 0 aliphatic heterocycles. The molecule has 0 aliphatic carbocycles. The zero-order valence-electron chi connectivity index (χ0n) is 12.4. The van der Waals surface area contributed by atoms with Gasteiger partial charge in [-0.15, -0.1) is 0 Å². The van der Waals surface area contributed by atoms with Gasteiger partial charge >= 0.3 is 0 Å². The normalized spacial score (nSPS) is 11.1. The average molecular weight is 318 g/mol. The predicted molar refractivity (Wildman–Crippen MR) is 89.6 cm³/mol. The number of halogens is 2. The SMILES string of the molecule is CC(C)c1ccc(C=CC(=O)Nc2ccc(Cl)cc2F)cc1. The van der Waals surface area contributed by atoms with Gasteiger partial charge in [0.15, 0.2) is 0 Å². The summed E-state index contributed by atoms with van der Waals surface area (Å²) in [7, 11) is 0. The Balaban J connectivity index is 2.01. The molecule has 0 unspecified atom stereocenters. The van der Waals surface area contributed by atoms with Gasteiger partial charge in [-0.25, -0.2) is 4.39 Å². The average Bonchev–Trinajstić information content (AvgIpc) is 2.48. The van der Waals surface area contributed by atoms with E-state index >= 15 is 0 Å². The molecule has 114 valence electrons. The van der Waals surface area contributed by atoms with Crippen LogP contribution >= 0.6 is 11.6 Å². The first kappa shape index (κ1) is 16.2. The number of hydrogen-bond acceptors (Lipinski definition) is 1. The largest absolute Gasteiger partial charge is 0.320 e. The van der Waals surface area contributed by atoms with Crippen LogP contribution in [0.5, 0.6) is 0 Å². The van der Waals surface area contributed by atoms with E-state index in [1.165, 1.54) is 23.8 Å². The van der Waals surface area contributed by atoms with Gasteiger partial charge in [0.1, 0.15) is 5.82 Å². The molecule has 0 radical (unpaired) electrons. The number of carbonyl (C=O) groups is 1. The minimum Gasteiger partial charge on any atom is -0.320 e. The van der Waals surface area contributed by atoms with Gasteiger partial charge in [-0.1, -0.05) is 49.7 Å². The molecule has 0 bridgehead atoms. The van der Waals surface area contributed by atoms with Gasteiger partial charge in [-0.05, 0) is 41.3 Å². The summed E-state index contributed by atoms with van der Waals surface area (Å²) in [6, 6.07) is 12.1. The van der Waals surface area contributed by atoms with E-state index < -0.39 is 11.7 Å². The predicted octanol–water partition coefficient (Wildman–Crippen LogP) is 5.25. The first-order valence-electron chi connectivity index (χ1n) is 7.00. The molecule has 2 aromatic rings. The Morgan fingerprint density at radius 3 is 2.45 bits per heavy atom. The van der Waals surface area contributed by atoms with Gasteiger partial charge in [-0.3, -0.25) is 4.79 Å². The second-order valence-electron chi connectivity index (χ2n) is 5.27. The van der Waals surface area contributed by atoms with Crippen LogP contribution in [-0.4, -0.2) is 5.91 Å². The topological polar surface area (TPSA) is 29.1 Å². The van der Waals surface area contributed by atoms with E-state index in [1.807, 2.05) is 24.3 Å². The molecule has 0 heterocycles. The summed E-state index contributed by atoms with van der Waals surface area (Å²) in [4.78, 5) is 11.8. The van der Waals surface area contributed by atoms with Crippen molar-refractivity contribution in [1.82, 2.24) is 0 Å². The third-order valence-corrected chi connectivity index (χ3v) is 3.45. The molecule has 0 saturated heterocycles. The van der Waals surface area contributed by atoms with E-state index in [2.05, 4.69) is 19.2 Å². The lowest BCUT2D eigenvalue weighted by Crippen LogP contribution is -2.09. The molecule has 0 aromatic heterocycles. The number of amides is 1. The van der Waals surface area contributed by atoms with Crippen molar-refractivity contribution < 1.29 is 9.18 Å². The Kier molecular flexibility index (Phi) is 5.34. The van der Waals surface area contributed by atoms with Crippen molar-refractivity contribution in [3.63, 3.8) is 0 Å². The van der Waals surface area contributed by atoms with E-state index in [1.54, 1.807) is 6.08 Å². The standard InChI is InChI=1S/C18H17ClFNO/c1-12(2)14-6-3-13(4-7-14)5-10-18(22)21-17-9-8-15(19)11-16(17)20/h3-12H,1-2H3,(H,21,22). The molecule has 0 saturated carbocycles. The smallest absolute Gasteiger partial charge is 0.248 e. The van der Waals surface area contributed by atoms with Crippen LogP contribution in [0, 0.1) is 5.82 Å². The van der Waals surface area contributed by atoms with Gasteiger partial charge in [0.25, 0.3) is 0 Å². The number of benzene rings is 2. The van der Waals surface area contributed by atoms with Crippen molar-refractivity contribution in [1.29, 1.82) is 0 Å². The van der Waals surface area contributed by atoms with Gasteiger partial charge in [0.2, 0.25) is 5.91 Å². The molecule has 4 heteroatoms. The highest BCUT2D eigenvalue weighted by atomic mass is 35.5. The van der Waals surface area contributed by atoms with Gasteiger partial charge in [0, 0.05) is 11.1 Å². The highest BCUT2D eigenvalue weighted by Crippen LogP contribution is 2.19. The summed E-state index contributed by atoms with van der Waals surface area (Å²) in [5, 5.41) is 2.77. The summed E-state index contributed by atoms with van der Waals surface area (Å²) in [6.07, 6.45) is 3.06. The van der Waals surface area contributed by atoms with Gasteiger partial charge in [0.05, 0.1) is 5.69 Å². The van der Waals surface area contributed by atoms with Crippen LogP contribution in [-0.2, 0) is 4.79 Å². The molecule has 2 nitrogen and oxygen atoms in total. The molecule has 0 aliphatic rings. The highest BCUT2D eigenvalue weighted by Gasteiger charge is 2.05. The molecule has 0 spiro atoms. The molecule has 0 atom stereocenters. The first-order valence-corrected chi connectivity index (χ1v) is 7.37. The summed E-state index contributed by atoms with van der Waals surface area (Å²) >= 11 is 5.66. The Morgan fingerprint density at radius 1 is 1.18 bits per heavy atom. The van der Waals surface area contributed by atoms with E-state index in [0.717, 1.165) is 11.6 Å². The van der Waals surface area contributed by atoms with E-state index in [-0.39, 0.29) is 10.7 Å². The molecule has 1 amide bonds. The summed E-state index contributed by atoms with van der Waals surface area (Å²) < 4.78 is 13.6. The minimum atomic E-state index is -0.560. The Bertz CT molecular complexity index is 693. The summed E-state index contributed by atoms with van der Waals surface area (Å²) in [6.45, 7) is 4.25. The van der Waals surface area contributed by atoms with Crippen LogP contribution < -0.4 is 5.32 Å². The molecule has 1 N–H and O–H groups in total. The van der Waals surface area contributed by atoms with Crippen molar-refractivity contribution in [2.45, 2.75) is 19.8 Å². The van der Waals surface area contributed by atoms with E-state index in [0.29, 0.717) is 5.92 Å². The lowest BCUT2D eigenvalue weighted by molar-refractivity contribution is -0.111. The molecule has 22 heavy (non-hydrogen) atoms. The van der Waals surface area contributed by atoms with Crippen molar-refractivity contribution >= 4 is 29.3 Å². The maximum absolute atomic E-state index is 13.6. The molecule has 0 fully saturated rings. The van der Waals surface area contributed by atoms with Gasteiger partial charge in [-0.2, -0.15) is 0 Å². The Morgan fingerprint density at radius 2 is 1.86 bits per heavy atom. The summed E-state index contributed by atoms with van der Waals surface area (Å²) in [5.41, 5.74) is 2.26. The monoisotopic (exact) mass is 317 g/mol. The second-order valence-corrected chi connectivity index (χ2v) is 5.70. The maximum Gasteiger partial charge on any atom is 0.248 e. The minimum absolute atomic E-state index is 0.106. The van der Waals surface area contributed by atoms with Crippen LogP contribution in [0.1, 0.15) is 30.9 Å². The molecule has 2 aromatic carbocycles. The quantitative estimate of drug-likeness (QED) is 0.766. The fourth-order valence-corrected chi connectivity index (χ4v) is 2.09. The zero-order chi connectivity index (χ0) is 16.1. The maximum atomic E-state index is 13.6. The number of nitrogens with one attached hydrogen (secondary N) is 1. The Labute approximate surface area is 134 Å². The third kappa shape index (κ3) is 4.43. The van der Waals surface area contributed by atoms with E-state index in [4.69, 9.17) is 11.6 Å². The van der Waals surface area contributed by atoms with Crippen LogP contribution in [0.3, 0.4) is 0 Å². The van der Waals surface area contributed by atoms with Crippen LogP contribution in [0.15, 0.2) is 48.5 Å². The fraction of sp³-hybridized carbons (Fsp3) is 0.167. The van der Waals surface area contributed by atoms with Gasteiger partial charge < -0.3 is 5.32 Å². The van der Waals surface area contributed by atoms with Crippen LogP contribution in [0.4, 0.5) is 10.1 Å². The van der Waals surface area contributed by atoms with Crippen molar-refractivity contribution in [3.05, 3.63) is 70.5 Å². The molecule has 2 rings (SSSR count). The second kappa shape index (κ2) is 7.23. The molecular weight excluding hydrogens is 301 g/mol. The third-order valence-electron chi connectivity index (χ3n) is 3.22. The number of anilines is 1. The highest BCUT2D eigenvalue weighted by molar-refractivity contribution is 6.30. The van der Waals surface area contributed by atoms with Crippen LogP contribution in [0.25, 0.3) is 6.08 Å². The fourth-order valence-electron chi connectivity index (χ4n) is 1.93. The Hall–Kier alpha value is -2.13. The van der Waals surface area contributed by atoms with E-state index in [9.17, 15) is 9.18 Å². The van der Waals surface area contributed by atoms with Crippen LogP contribution in [0.2, 0.25) is 5.02 Å². The summed E-state index contributed by atoms with van der Waals surface area (Å²) in [5.74, 6) is -0.487. The first-order chi connectivity index (χ1) is 10.5. The number of carbonyl (C=O) groups excluding carboxylic acids is 1. The van der Waals surface area contributed by atoms with Crippen molar-refractivity contribution in [2.75, 3.05) is 5.32 Å². The van der Waals surface area contributed by atoms with Crippen molar-refractivity contribution in [2.24, 2.45) is 0 Å². The molecular formula is C18H17ClFNO. The van der Waals surface area contributed by atoms with Crippen molar-refractivity contribution in [3.8, 4) is 0 Å². The number of rotatable bonds is 4.